The maximum Gasteiger partial charge on any atom is 0.315 e. The van der Waals surface area contributed by atoms with Crippen molar-refractivity contribution in [3.8, 4) is 0 Å². The largest absolute Gasteiger partial charge is 0.462 e. The van der Waals surface area contributed by atoms with Crippen molar-refractivity contribution < 1.29 is 19.7 Å². The zero-order valence-corrected chi connectivity index (χ0v) is 10.8. The standard InChI is InChI=1S/C14H20O4/c1-12(16)5-4-10-9(7-12)3-6-14(17)8-18-11(15)13(10,14)2/h3,6,9-10,16-17H,4-5,7-8H2,1-2H3. The summed E-state index contributed by atoms with van der Waals surface area (Å²) >= 11 is 0. The number of hydrogen-bond donors (Lipinski definition) is 2. The van der Waals surface area contributed by atoms with Gasteiger partial charge in [0.25, 0.3) is 0 Å². The first-order chi connectivity index (χ1) is 8.29. The third kappa shape index (κ3) is 1.36. The highest BCUT2D eigenvalue weighted by atomic mass is 16.6. The van der Waals surface area contributed by atoms with Crippen LogP contribution in [0.1, 0.15) is 33.1 Å². The molecule has 5 atom stereocenters. The first kappa shape index (κ1) is 12.2. The van der Waals surface area contributed by atoms with Crippen LogP contribution in [0.3, 0.4) is 0 Å². The van der Waals surface area contributed by atoms with Gasteiger partial charge in [-0.25, -0.2) is 0 Å². The lowest BCUT2D eigenvalue weighted by Crippen LogP contribution is -2.57. The molecule has 0 aromatic rings. The van der Waals surface area contributed by atoms with Gasteiger partial charge in [-0.05, 0) is 44.9 Å². The molecule has 18 heavy (non-hydrogen) atoms. The summed E-state index contributed by atoms with van der Waals surface area (Å²) < 4.78 is 5.10. The van der Waals surface area contributed by atoms with Crippen molar-refractivity contribution >= 4 is 5.97 Å². The molecule has 0 radical (unpaired) electrons. The molecule has 4 heteroatoms. The maximum atomic E-state index is 12.1. The summed E-state index contributed by atoms with van der Waals surface area (Å²) in [5, 5.41) is 20.8. The van der Waals surface area contributed by atoms with Crippen LogP contribution in [0, 0.1) is 17.3 Å². The molecule has 1 heterocycles. The Kier molecular flexibility index (Phi) is 2.28. The van der Waals surface area contributed by atoms with Crippen molar-refractivity contribution in [2.45, 2.75) is 44.3 Å². The van der Waals surface area contributed by atoms with Crippen LogP contribution in [0.15, 0.2) is 12.2 Å². The summed E-state index contributed by atoms with van der Waals surface area (Å²) in [5.74, 6) is -0.0988. The third-order valence-corrected chi connectivity index (χ3v) is 5.29. The van der Waals surface area contributed by atoms with Gasteiger partial charge in [0, 0.05) is 0 Å². The van der Waals surface area contributed by atoms with Gasteiger partial charge in [0.05, 0.1) is 5.60 Å². The summed E-state index contributed by atoms with van der Waals surface area (Å²) in [6.07, 6.45) is 5.73. The van der Waals surface area contributed by atoms with Gasteiger partial charge in [-0.2, -0.15) is 0 Å². The van der Waals surface area contributed by atoms with E-state index in [1.165, 1.54) is 0 Å². The van der Waals surface area contributed by atoms with Crippen molar-refractivity contribution in [2.24, 2.45) is 17.3 Å². The molecule has 3 aliphatic rings. The van der Waals surface area contributed by atoms with E-state index in [0.29, 0.717) is 12.8 Å². The van der Waals surface area contributed by atoms with E-state index in [9.17, 15) is 15.0 Å². The van der Waals surface area contributed by atoms with Crippen LogP contribution < -0.4 is 0 Å². The number of carbonyl (C=O) groups is 1. The highest BCUT2D eigenvalue weighted by Crippen LogP contribution is 2.56. The SMILES string of the molecule is CC1(O)CCC2C(C=CC3(O)COC(=O)C23C)C1. The average Bonchev–Trinajstić information content (AvgIpc) is 2.52. The summed E-state index contributed by atoms with van der Waals surface area (Å²) in [7, 11) is 0. The molecule has 4 nitrogen and oxygen atoms in total. The molecule has 1 saturated carbocycles. The number of hydrogen-bond acceptors (Lipinski definition) is 4. The van der Waals surface area contributed by atoms with Crippen LogP contribution in [0.5, 0.6) is 0 Å². The number of rotatable bonds is 0. The molecular formula is C14H20O4. The maximum absolute atomic E-state index is 12.1. The van der Waals surface area contributed by atoms with E-state index in [-0.39, 0.29) is 24.4 Å². The van der Waals surface area contributed by atoms with Gasteiger partial charge in [0.15, 0.2) is 0 Å². The molecule has 0 amide bonds. The topological polar surface area (TPSA) is 66.8 Å². The van der Waals surface area contributed by atoms with E-state index in [1.54, 1.807) is 6.08 Å². The number of cyclic esters (lactones) is 1. The van der Waals surface area contributed by atoms with Crippen molar-refractivity contribution in [1.29, 1.82) is 0 Å². The molecule has 2 N–H and O–H groups in total. The molecule has 0 bridgehead atoms. The zero-order valence-electron chi connectivity index (χ0n) is 10.8. The van der Waals surface area contributed by atoms with E-state index in [2.05, 4.69) is 0 Å². The summed E-state index contributed by atoms with van der Waals surface area (Å²) in [6, 6.07) is 0. The Morgan fingerprint density at radius 1 is 1.39 bits per heavy atom. The van der Waals surface area contributed by atoms with E-state index in [4.69, 9.17) is 4.74 Å². The summed E-state index contributed by atoms with van der Waals surface area (Å²) in [6.45, 7) is 3.70. The van der Waals surface area contributed by atoms with Gasteiger partial charge in [-0.1, -0.05) is 12.2 Å². The zero-order chi connectivity index (χ0) is 13.2. The lowest BCUT2D eigenvalue weighted by atomic mass is 9.54. The van der Waals surface area contributed by atoms with Gasteiger partial charge in [-0.3, -0.25) is 4.79 Å². The second-order valence-electron chi connectivity index (χ2n) is 6.57. The van der Waals surface area contributed by atoms with Crippen LogP contribution in [-0.2, 0) is 9.53 Å². The Hall–Kier alpha value is -0.870. The minimum atomic E-state index is -1.17. The van der Waals surface area contributed by atoms with Gasteiger partial charge in [0.1, 0.15) is 17.6 Å². The summed E-state index contributed by atoms with van der Waals surface area (Å²) in [4.78, 5) is 12.1. The Balaban J connectivity index is 2.02. The quantitative estimate of drug-likeness (QED) is 0.499. The minimum absolute atomic E-state index is 0.0540. The molecule has 0 spiro atoms. The second-order valence-corrected chi connectivity index (χ2v) is 6.57. The van der Waals surface area contributed by atoms with Crippen LogP contribution in [0.2, 0.25) is 0 Å². The van der Waals surface area contributed by atoms with E-state index >= 15 is 0 Å². The lowest BCUT2D eigenvalue weighted by molar-refractivity contribution is -0.157. The molecule has 2 aliphatic carbocycles. The fourth-order valence-electron chi connectivity index (χ4n) is 3.98. The fraction of sp³-hybridized carbons (Fsp3) is 0.786. The molecule has 1 saturated heterocycles. The van der Waals surface area contributed by atoms with E-state index in [1.807, 2.05) is 19.9 Å². The normalized spacial score (nSPS) is 54.8. The van der Waals surface area contributed by atoms with Crippen molar-refractivity contribution in [3.63, 3.8) is 0 Å². The van der Waals surface area contributed by atoms with Crippen LogP contribution >= 0.6 is 0 Å². The highest BCUT2D eigenvalue weighted by Gasteiger charge is 2.65. The van der Waals surface area contributed by atoms with Gasteiger partial charge >= 0.3 is 5.97 Å². The Morgan fingerprint density at radius 2 is 2.11 bits per heavy atom. The molecule has 3 rings (SSSR count). The van der Waals surface area contributed by atoms with Gasteiger partial charge in [0.2, 0.25) is 0 Å². The first-order valence-electron chi connectivity index (χ1n) is 6.60. The minimum Gasteiger partial charge on any atom is -0.462 e. The highest BCUT2D eigenvalue weighted by molar-refractivity contribution is 5.82. The lowest BCUT2D eigenvalue weighted by Gasteiger charge is -2.50. The van der Waals surface area contributed by atoms with Gasteiger partial charge in [-0.15, -0.1) is 0 Å². The van der Waals surface area contributed by atoms with Crippen LogP contribution in [-0.4, -0.2) is 34.0 Å². The van der Waals surface area contributed by atoms with Crippen LogP contribution in [0.25, 0.3) is 0 Å². The molecule has 0 aromatic carbocycles. The van der Waals surface area contributed by atoms with Crippen LogP contribution in [0.4, 0.5) is 0 Å². The van der Waals surface area contributed by atoms with Gasteiger partial charge < -0.3 is 14.9 Å². The number of carbonyl (C=O) groups excluding carboxylic acids is 1. The number of ether oxygens (including phenoxy) is 1. The average molecular weight is 252 g/mol. The van der Waals surface area contributed by atoms with E-state index < -0.39 is 16.6 Å². The monoisotopic (exact) mass is 252 g/mol. The van der Waals surface area contributed by atoms with Crippen molar-refractivity contribution in [1.82, 2.24) is 0 Å². The fourth-order valence-corrected chi connectivity index (χ4v) is 3.98. The Labute approximate surface area is 107 Å². The second kappa shape index (κ2) is 3.36. The number of esters is 1. The Bertz CT molecular complexity index is 428. The number of fused-ring (bicyclic) bond motifs is 3. The number of aliphatic hydroxyl groups is 2. The van der Waals surface area contributed by atoms with Crippen molar-refractivity contribution in [2.75, 3.05) is 6.61 Å². The Morgan fingerprint density at radius 3 is 2.83 bits per heavy atom. The molecule has 2 fully saturated rings. The molecule has 5 unspecified atom stereocenters. The number of allylic oxidation sites excluding steroid dienone is 1. The predicted molar refractivity (Wildman–Crippen MR) is 64.6 cm³/mol. The third-order valence-electron chi connectivity index (χ3n) is 5.29. The molecule has 0 aromatic heterocycles. The molecule has 100 valence electrons. The molecular weight excluding hydrogens is 232 g/mol. The van der Waals surface area contributed by atoms with Crippen molar-refractivity contribution in [3.05, 3.63) is 12.2 Å². The first-order valence-corrected chi connectivity index (χ1v) is 6.60. The smallest absolute Gasteiger partial charge is 0.315 e. The predicted octanol–water partition coefficient (Wildman–Crippen LogP) is 1.02. The summed E-state index contributed by atoms with van der Waals surface area (Å²) in [5.41, 5.74) is -2.70. The molecule has 1 aliphatic heterocycles. The van der Waals surface area contributed by atoms with E-state index in [0.717, 1.165) is 6.42 Å².